The minimum absolute atomic E-state index is 0.0776. The van der Waals surface area contributed by atoms with Crippen LogP contribution in [-0.2, 0) is 0 Å². The Hall–Kier alpha value is -5.52. The van der Waals surface area contributed by atoms with Gasteiger partial charge in [-0.1, -0.05) is 66.2 Å². The molecule has 0 fully saturated rings. The molecular weight excluding hydrogens is 562 g/mol. The number of halogens is 1. The Morgan fingerprint density at radius 1 is 1.07 bits per heavy atom. The van der Waals surface area contributed by atoms with Crippen molar-refractivity contribution in [2.75, 3.05) is 7.11 Å². The summed E-state index contributed by atoms with van der Waals surface area (Å²) in [6.07, 6.45) is 0. The first kappa shape index (κ1) is 26.4. The highest BCUT2D eigenvalue weighted by Crippen LogP contribution is 2.46. The molecule has 8 nitrogen and oxygen atoms in total. The van der Waals surface area contributed by atoms with Crippen LogP contribution in [0.15, 0.2) is 96.4 Å². The zero-order valence-electron chi connectivity index (χ0n) is 23.2. The lowest BCUT2D eigenvalue weighted by Gasteiger charge is -2.25. The van der Waals surface area contributed by atoms with Gasteiger partial charge < -0.3 is 20.2 Å². The maximum Gasteiger partial charge on any atom is 0.298 e. The molecule has 1 atom stereocenters. The number of ether oxygens (including phenoxy) is 2. The van der Waals surface area contributed by atoms with Gasteiger partial charge in [0.1, 0.15) is 23.1 Å². The summed E-state index contributed by atoms with van der Waals surface area (Å²) < 4.78 is 12.7. The molecule has 0 amide bonds. The first-order chi connectivity index (χ1) is 20.9. The van der Waals surface area contributed by atoms with E-state index in [-0.39, 0.29) is 17.3 Å². The smallest absolute Gasteiger partial charge is 0.298 e. The monoisotopic (exact) mass is 585 g/mol. The van der Waals surface area contributed by atoms with Gasteiger partial charge in [0, 0.05) is 21.5 Å². The Morgan fingerprint density at radius 3 is 2.65 bits per heavy atom. The predicted molar refractivity (Wildman–Crippen MR) is 165 cm³/mol. The fraction of sp³-hybridized carbons (Fsp3) is 0.0882. The first-order valence-electron chi connectivity index (χ1n) is 13.5. The molecule has 1 aliphatic heterocycles. The zero-order valence-corrected chi connectivity index (χ0v) is 23.9. The molecule has 1 unspecified atom stereocenters. The van der Waals surface area contributed by atoms with Gasteiger partial charge in [-0.25, -0.2) is 0 Å². The summed E-state index contributed by atoms with van der Waals surface area (Å²) in [6.45, 7) is 1.80. The number of carbonyl (C=O) groups excluding carboxylic acids is 1. The van der Waals surface area contributed by atoms with Crippen molar-refractivity contribution < 1.29 is 14.3 Å². The lowest BCUT2D eigenvalue weighted by Crippen LogP contribution is -2.24. The number of carbonyl (C=O) groups is 1. The van der Waals surface area contributed by atoms with Crippen LogP contribution < -0.4 is 15.2 Å². The largest absolute Gasteiger partial charge is 0.497 e. The number of H-pyrrole nitrogens is 1. The summed E-state index contributed by atoms with van der Waals surface area (Å²) in [5.41, 5.74) is 11.2. The molecular formula is C34H24ClN5O3. The Bertz CT molecular complexity index is 2170. The van der Waals surface area contributed by atoms with Crippen LogP contribution in [-0.4, -0.2) is 27.8 Å². The summed E-state index contributed by atoms with van der Waals surface area (Å²) in [5.74, 6) is -0.236. The fourth-order valence-electron chi connectivity index (χ4n) is 5.96. The van der Waals surface area contributed by atoms with Crippen LogP contribution in [0.5, 0.6) is 11.6 Å². The van der Waals surface area contributed by atoms with Gasteiger partial charge in [-0.05, 0) is 59.2 Å². The molecule has 0 radical (unpaired) electrons. The number of fused-ring (bicyclic) bond motifs is 3. The third kappa shape index (κ3) is 4.13. The molecule has 7 rings (SSSR count). The van der Waals surface area contributed by atoms with Crippen LogP contribution in [0.1, 0.15) is 33.2 Å². The molecule has 0 saturated heterocycles. The van der Waals surface area contributed by atoms with Crippen molar-refractivity contribution in [2.45, 2.75) is 12.8 Å². The van der Waals surface area contributed by atoms with Gasteiger partial charge in [0.15, 0.2) is 0 Å². The molecule has 4 aromatic carbocycles. The molecule has 2 aromatic heterocycles. The minimum atomic E-state index is -0.609. The molecule has 3 heterocycles. The topological polar surface area (TPSA) is 119 Å². The average Bonchev–Trinajstić information content (AvgIpc) is 3.56. The molecule has 6 aromatic rings. The lowest BCUT2D eigenvalue weighted by molar-refractivity contribution is 0.0930. The van der Waals surface area contributed by atoms with Crippen LogP contribution in [0.4, 0.5) is 0 Å². The highest BCUT2D eigenvalue weighted by atomic mass is 35.5. The second-order valence-corrected chi connectivity index (χ2v) is 10.7. The molecule has 1 aliphatic rings. The van der Waals surface area contributed by atoms with E-state index in [9.17, 15) is 10.1 Å². The quantitative estimate of drug-likeness (QED) is 0.228. The third-order valence-electron chi connectivity index (χ3n) is 7.89. The standard InChI is InChI=1S/C34H24ClN5O3/c1-18-28-30(24-10-6-9-20-15-22(42-2)12-13-23(20)24)26(17-36)32(37)43-34(28)40(39-18)33(41)31-29(19-7-4-3-5-8-19)25-16-21(35)11-14-27(25)38-31/h3-16,30,38H,37H2,1-2H3. The van der Waals surface area contributed by atoms with E-state index >= 15 is 0 Å². The van der Waals surface area contributed by atoms with E-state index in [1.54, 1.807) is 20.1 Å². The first-order valence-corrected chi connectivity index (χ1v) is 13.9. The van der Waals surface area contributed by atoms with Crippen molar-refractivity contribution in [3.05, 3.63) is 124 Å². The van der Waals surface area contributed by atoms with Gasteiger partial charge in [-0.15, -0.1) is 0 Å². The Kier molecular flexibility index (Phi) is 6.19. The third-order valence-corrected chi connectivity index (χ3v) is 8.13. The summed E-state index contributed by atoms with van der Waals surface area (Å²) in [4.78, 5) is 17.7. The van der Waals surface area contributed by atoms with Gasteiger partial charge in [-0.3, -0.25) is 4.79 Å². The summed E-state index contributed by atoms with van der Waals surface area (Å²) in [6, 6.07) is 28.9. The highest BCUT2D eigenvalue weighted by Gasteiger charge is 2.38. The van der Waals surface area contributed by atoms with E-state index in [2.05, 4.69) is 16.2 Å². The molecule has 0 saturated carbocycles. The predicted octanol–water partition coefficient (Wildman–Crippen LogP) is 7.06. The second kappa shape index (κ2) is 10.1. The van der Waals surface area contributed by atoms with Gasteiger partial charge >= 0.3 is 0 Å². The molecule has 0 bridgehead atoms. The van der Waals surface area contributed by atoms with E-state index in [4.69, 9.17) is 26.8 Å². The number of aromatic nitrogens is 3. The van der Waals surface area contributed by atoms with Crippen molar-refractivity contribution in [1.82, 2.24) is 14.8 Å². The Morgan fingerprint density at radius 2 is 1.88 bits per heavy atom. The minimum Gasteiger partial charge on any atom is -0.497 e. The normalized spacial score (nSPS) is 14.4. The van der Waals surface area contributed by atoms with Crippen LogP contribution in [0.3, 0.4) is 0 Å². The number of hydrogen-bond donors (Lipinski definition) is 2. The van der Waals surface area contributed by atoms with E-state index in [1.165, 1.54) is 4.68 Å². The number of nitrogens with one attached hydrogen (secondary N) is 1. The van der Waals surface area contributed by atoms with E-state index in [0.29, 0.717) is 27.5 Å². The van der Waals surface area contributed by atoms with E-state index < -0.39 is 11.8 Å². The number of nitrogens with zero attached hydrogens (tertiary/aromatic N) is 3. The van der Waals surface area contributed by atoms with E-state index in [0.717, 1.165) is 38.6 Å². The molecule has 43 heavy (non-hydrogen) atoms. The number of benzene rings is 4. The maximum atomic E-state index is 14.4. The number of methoxy groups -OCH3 is 1. The SMILES string of the molecule is COc1ccc2c(C3C(C#N)=C(N)Oc4c3c(C)nn4C(=O)c3[nH]c4ccc(Cl)cc4c3-c3ccccc3)cccc2c1. The van der Waals surface area contributed by atoms with Crippen molar-refractivity contribution in [1.29, 1.82) is 5.26 Å². The van der Waals surface area contributed by atoms with Crippen LogP contribution in [0.2, 0.25) is 5.02 Å². The number of hydrogen-bond acceptors (Lipinski definition) is 6. The maximum absolute atomic E-state index is 14.4. The number of nitrogens with two attached hydrogens (primary N) is 1. The Balaban J connectivity index is 1.44. The molecule has 0 spiro atoms. The van der Waals surface area contributed by atoms with Crippen molar-refractivity contribution in [3.63, 3.8) is 0 Å². The number of aromatic amines is 1. The summed E-state index contributed by atoms with van der Waals surface area (Å²) in [7, 11) is 1.62. The molecule has 0 aliphatic carbocycles. The number of allylic oxidation sites excluding steroid dienone is 1. The summed E-state index contributed by atoms with van der Waals surface area (Å²) >= 11 is 6.37. The number of aryl methyl sites for hydroxylation is 1. The average molecular weight is 586 g/mol. The lowest BCUT2D eigenvalue weighted by atomic mass is 9.82. The molecule has 3 N–H and O–H groups in total. The Labute approximate surface area is 251 Å². The summed E-state index contributed by atoms with van der Waals surface area (Å²) in [5, 5.41) is 18.1. The van der Waals surface area contributed by atoms with Crippen LogP contribution in [0, 0.1) is 18.3 Å². The van der Waals surface area contributed by atoms with Crippen molar-refractivity contribution in [2.24, 2.45) is 5.73 Å². The highest BCUT2D eigenvalue weighted by molar-refractivity contribution is 6.31. The zero-order chi connectivity index (χ0) is 29.8. The van der Waals surface area contributed by atoms with Gasteiger partial charge in [0.2, 0.25) is 11.8 Å². The molecule has 210 valence electrons. The second-order valence-electron chi connectivity index (χ2n) is 10.3. The van der Waals surface area contributed by atoms with Crippen molar-refractivity contribution >= 4 is 39.2 Å². The van der Waals surface area contributed by atoms with Crippen LogP contribution in [0.25, 0.3) is 32.8 Å². The van der Waals surface area contributed by atoms with Gasteiger partial charge in [-0.2, -0.15) is 15.0 Å². The number of nitriles is 1. The fourth-order valence-corrected chi connectivity index (χ4v) is 6.14. The molecule has 9 heteroatoms. The van der Waals surface area contributed by atoms with Crippen molar-refractivity contribution in [3.8, 4) is 28.8 Å². The van der Waals surface area contributed by atoms with Gasteiger partial charge in [0.25, 0.3) is 5.91 Å². The number of rotatable bonds is 4. The van der Waals surface area contributed by atoms with Crippen LogP contribution >= 0.6 is 11.6 Å². The van der Waals surface area contributed by atoms with Gasteiger partial charge in [0.05, 0.1) is 24.3 Å². The van der Waals surface area contributed by atoms with E-state index in [1.807, 2.05) is 78.9 Å².